The van der Waals surface area contributed by atoms with E-state index in [4.69, 9.17) is 10.9 Å². The molecule has 0 saturated carbocycles. The van der Waals surface area contributed by atoms with Crippen LogP contribution in [0.1, 0.15) is 32.6 Å². The summed E-state index contributed by atoms with van der Waals surface area (Å²) in [7, 11) is 1.68. The number of likely N-dealkylation sites (N-methyl/N-ethyl adjacent to an activating group) is 1. The van der Waals surface area contributed by atoms with E-state index in [0.717, 1.165) is 25.9 Å². The summed E-state index contributed by atoms with van der Waals surface area (Å²) >= 11 is 0. The fourth-order valence-corrected chi connectivity index (χ4v) is 1.93. The van der Waals surface area contributed by atoms with Crippen LogP contribution in [0.15, 0.2) is 5.16 Å². The zero-order chi connectivity index (χ0) is 12.8. The second kappa shape index (κ2) is 6.32. The highest BCUT2D eigenvalue weighted by atomic mass is 16.4. The van der Waals surface area contributed by atoms with Crippen molar-refractivity contribution in [1.29, 1.82) is 0 Å². The molecule has 0 aromatic carbocycles. The molecule has 6 nitrogen and oxygen atoms in total. The maximum Gasteiger partial charge on any atom is 0.320 e. The van der Waals surface area contributed by atoms with Gasteiger partial charge in [0.05, 0.1) is 6.04 Å². The van der Waals surface area contributed by atoms with Crippen LogP contribution in [0, 0.1) is 0 Å². The van der Waals surface area contributed by atoms with E-state index in [1.807, 2.05) is 4.90 Å². The average molecular weight is 242 g/mol. The van der Waals surface area contributed by atoms with Gasteiger partial charge in [-0.15, -0.1) is 0 Å². The molecule has 0 spiro atoms. The molecular formula is C11H22N4O2. The molecule has 6 heteroatoms. The highest BCUT2D eigenvalue weighted by Gasteiger charge is 2.24. The summed E-state index contributed by atoms with van der Waals surface area (Å²) in [5.74, 6) is 0.0515. The summed E-state index contributed by atoms with van der Waals surface area (Å²) in [5.41, 5.74) is 5.50. The Labute approximate surface area is 102 Å². The topological polar surface area (TPSA) is 82.2 Å². The minimum Gasteiger partial charge on any atom is -0.409 e. The first-order chi connectivity index (χ1) is 8.07. The van der Waals surface area contributed by atoms with Crippen LogP contribution in [0.2, 0.25) is 0 Å². The minimum absolute atomic E-state index is 0.0500. The maximum atomic E-state index is 12.2. The predicted octanol–water partition coefficient (Wildman–Crippen LogP) is 1.05. The molecule has 0 bridgehead atoms. The number of hydrogen-bond donors (Lipinski definition) is 2. The van der Waals surface area contributed by atoms with Gasteiger partial charge in [-0.25, -0.2) is 4.79 Å². The van der Waals surface area contributed by atoms with Crippen molar-refractivity contribution in [2.24, 2.45) is 10.9 Å². The molecule has 0 aliphatic carbocycles. The molecule has 1 aliphatic heterocycles. The quantitative estimate of drug-likeness (QED) is 0.328. The molecular weight excluding hydrogens is 220 g/mol. The number of nitrogens with two attached hydrogens (primary N) is 1. The summed E-state index contributed by atoms with van der Waals surface area (Å²) in [6, 6.07) is -0.443. The van der Waals surface area contributed by atoms with Crippen LogP contribution in [-0.2, 0) is 0 Å². The van der Waals surface area contributed by atoms with Gasteiger partial charge in [0.15, 0.2) is 5.84 Å². The third kappa shape index (κ3) is 3.51. The number of amides is 2. The van der Waals surface area contributed by atoms with Crippen molar-refractivity contribution in [3.05, 3.63) is 0 Å². The van der Waals surface area contributed by atoms with Crippen molar-refractivity contribution >= 4 is 11.9 Å². The van der Waals surface area contributed by atoms with E-state index in [2.05, 4.69) is 5.16 Å². The largest absolute Gasteiger partial charge is 0.409 e. The normalized spacial score (nSPS) is 19.6. The first-order valence-corrected chi connectivity index (χ1v) is 6.07. The summed E-state index contributed by atoms with van der Waals surface area (Å²) in [6.45, 7) is 3.34. The highest BCUT2D eigenvalue weighted by Crippen LogP contribution is 2.12. The third-order valence-electron chi connectivity index (χ3n) is 3.30. The number of hydrogen-bond acceptors (Lipinski definition) is 3. The fourth-order valence-electron chi connectivity index (χ4n) is 1.93. The molecule has 1 fully saturated rings. The summed E-state index contributed by atoms with van der Waals surface area (Å²) in [6.07, 6.45) is 4.47. The van der Waals surface area contributed by atoms with Gasteiger partial charge in [0.25, 0.3) is 0 Å². The van der Waals surface area contributed by atoms with Crippen LogP contribution in [0.25, 0.3) is 0 Å². The average Bonchev–Trinajstić information content (AvgIpc) is 2.63. The molecule has 98 valence electrons. The van der Waals surface area contributed by atoms with E-state index < -0.39 is 6.04 Å². The first-order valence-electron chi connectivity index (χ1n) is 6.07. The van der Waals surface area contributed by atoms with E-state index in [9.17, 15) is 4.79 Å². The van der Waals surface area contributed by atoms with Crippen LogP contribution in [0.4, 0.5) is 4.79 Å². The lowest BCUT2D eigenvalue weighted by atomic mass is 10.2. The molecule has 0 radical (unpaired) electrons. The van der Waals surface area contributed by atoms with E-state index in [0.29, 0.717) is 0 Å². The zero-order valence-corrected chi connectivity index (χ0v) is 10.6. The first kappa shape index (κ1) is 13.6. The number of carbonyl (C=O) groups excluding carboxylic acids is 1. The Kier molecular flexibility index (Phi) is 5.06. The van der Waals surface area contributed by atoms with Crippen molar-refractivity contribution in [1.82, 2.24) is 9.80 Å². The number of urea groups is 1. The van der Waals surface area contributed by atoms with E-state index >= 15 is 0 Å². The molecule has 1 unspecified atom stereocenters. The lowest BCUT2D eigenvalue weighted by molar-refractivity contribution is 0.159. The minimum atomic E-state index is -0.393. The lowest BCUT2D eigenvalue weighted by Gasteiger charge is -2.30. The highest BCUT2D eigenvalue weighted by molar-refractivity contribution is 5.89. The van der Waals surface area contributed by atoms with Crippen molar-refractivity contribution in [2.75, 3.05) is 20.1 Å². The van der Waals surface area contributed by atoms with Crippen LogP contribution in [0.3, 0.4) is 0 Å². The Morgan fingerprint density at radius 2 is 1.88 bits per heavy atom. The molecule has 3 N–H and O–H groups in total. The van der Waals surface area contributed by atoms with Gasteiger partial charge in [-0.2, -0.15) is 0 Å². The fraction of sp³-hybridized carbons (Fsp3) is 0.818. The number of carbonyl (C=O) groups is 1. The third-order valence-corrected chi connectivity index (χ3v) is 3.30. The Hall–Kier alpha value is -1.46. The van der Waals surface area contributed by atoms with Crippen molar-refractivity contribution in [3.63, 3.8) is 0 Å². The Bertz CT molecular complexity index is 285. The predicted molar refractivity (Wildman–Crippen MR) is 66.1 cm³/mol. The lowest BCUT2D eigenvalue weighted by Crippen LogP contribution is -2.49. The van der Waals surface area contributed by atoms with Gasteiger partial charge < -0.3 is 20.7 Å². The standard InChI is InChI=1S/C11H22N4O2/c1-9(10(12)13-17)14(2)11(16)15-7-5-3-4-6-8-15/h9,17H,3-8H2,1-2H3,(H2,12,13). The maximum absolute atomic E-state index is 12.2. The van der Waals surface area contributed by atoms with E-state index in [1.54, 1.807) is 14.0 Å². The number of oxime groups is 1. The molecule has 1 aliphatic rings. The monoisotopic (exact) mass is 242 g/mol. The number of amidine groups is 1. The Morgan fingerprint density at radius 3 is 2.35 bits per heavy atom. The van der Waals surface area contributed by atoms with E-state index in [-0.39, 0.29) is 11.9 Å². The van der Waals surface area contributed by atoms with Gasteiger partial charge in [-0.3, -0.25) is 0 Å². The van der Waals surface area contributed by atoms with Gasteiger partial charge in [-0.05, 0) is 19.8 Å². The Morgan fingerprint density at radius 1 is 1.35 bits per heavy atom. The van der Waals surface area contributed by atoms with Gasteiger partial charge in [0.2, 0.25) is 0 Å². The van der Waals surface area contributed by atoms with Gasteiger partial charge >= 0.3 is 6.03 Å². The molecule has 1 saturated heterocycles. The molecule has 0 aromatic rings. The van der Waals surface area contributed by atoms with Gasteiger partial charge in [0, 0.05) is 20.1 Å². The molecule has 1 heterocycles. The number of likely N-dealkylation sites (tertiary alicyclic amines) is 1. The second-order valence-corrected chi connectivity index (χ2v) is 4.50. The van der Waals surface area contributed by atoms with Crippen LogP contribution < -0.4 is 5.73 Å². The second-order valence-electron chi connectivity index (χ2n) is 4.50. The SMILES string of the molecule is CC(C(N)=NO)N(C)C(=O)N1CCCCCC1. The molecule has 0 aromatic heterocycles. The van der Waals surface area contributed by atoms with Crippen molar-refractivity contribution in [3.8, 4) is 0 Å². The van der Waals surface area contributed by atoms with Crippen molar-refractivity contribution < 1.29 is 10.0 Å². The van der Waals surface area contributed by atoms with E-state index in [1.165, 1.54) is 17.7 Å². The molecule has 1 rings (SSSR count). The zero-order valence-electron chi connectivity index (χ0n) is 10.6. The molecule has 1 atom stereocenters. The van der Waals surface area contributed by atoms with Gasteiger partial charge in [-0.1, -0.05) is 18.0 Å². The summed E-state index contributed by atoms with van der Waals surface area (Å²) in [4.78, 5) is 15.5. The van der Waals surface area contributed by atoms with Gasteiger partial charge in [0.1, 0.15) is 0 Å². The van der Waals surface area contributed by atoms with Crippen LogP contribution in [-0.4, -0.2) is 53.1 Å². The van der Waals surface area contributed by atoms with Crippen LogP contribution in [0.5, 0.6) is 0 Å². The number of rotatable bonds is 2. The smallest absolute Gasteiger partial charge is 0.320 e. The summed E-state index contributed by atoms with van der Waals surface area (Å²) in [5, 5.41) is 11.5. The Balaban J connectivity index is 2.61. The molecule has 17 heavy (non-hydrogen) atoms. The summed E-state index contributed by atoms with van der Waals surface area (Å²) < 4.78 is 0. The van der Waals surface area contributed by atoms with Crippen molar-refractivity contribution in [2.45, 2.75) is 38.6 Å². The molecule has 2 amide bonds. The number of nitrogens with zero attached hydrogens (tertiary/aromatic N) is 3. The van der Waals surface area contributed by atoms with Crippen LogP contribution >= 0.6 is 0 Å².